The van der Waals surface area contributed by atoms with E-state index in [0.29, 0.717) is 13.1 Å². The Morgan fingerprint density at radius 1 is 1.38 bits per heavy atom. The lowest BCUT2D eigenvalue weighted by molar-refractivity contribution is -0.148. The van der Waals surface area contributed by atoms with Gasteiger partial charge in [0.25, 0.3) is 0 Å². The molecule has 1 atom stereocenters. The lowest BCUT2D eigenvalue weighted by Gasteiger charge is -2.35. The number of hydrogen-bond donors (Lipinski definition) is 1. The van der Waals surface area contributed by atoms with Gasteiger partial charge in [-0.25, -0.2) is 0 Å². The molecule has 2 rings (SSSR count). The van der Waals surface area contributed by atoms with E-state index in [4.69, 9.17) is 4.74 Å². The summed E-state index contributed by atoms with van der Waals surface area (Å²) in [6, 6.07) is 4.41. The molecule has 1 aliphatic heterocycles. The third-order valence-corrected chi connectivity index (χ3v) is 3.80. The molecule has 0 aromatic heterocycles. The summed E-state index contributed by atoms with van der Waals surface area (Å²) in [5.41, 5.74) is -0.653. The van der Waals surface area contributed by atoms with E-state index >= 15 is 0 Å². The number of carbonyl (C=O) groups excluding carboxylic acids is 2. The number of amides is 1. The van der Waals surface area contributed by atoms with Crippen molar-refractivity contribution >= 4 is 11.9 Å². The number of hydrogen-bond acceptors (Lipinski definition) is 4. The molecule has 1 aromatic rings. The van der Waals surface area contributed by atoms with Crippen molar-refractivity contribution in [2.45, 2.75) is 32.1 Å². The minimum Gasteiger partial charge on any atom is -0.466 e. The Morgan fingerprint density at radius 2 is 2.08 bits per heavy atom. The Kier molecular flexibility index (Phi) is 5.82. The second-order valence-electron chi connectivity index (χ2n) is 5.44. The van der Waals surface area contributed by atoms with E-state index in [0.717, 1.165) is 6.07 Å². The fourth-order valence-electron chi connectivity index (χ4n) is 2.70. The molecular weight excluding hydrogens is 325 g/mol. The summed E-state index contributed by atoms with van der Waals surface area (Å²) in [5.74, 6) is -0.924. The molecule has 0 unspecified atom stereocenters. The Bertz CT molecular complexity index is 604. The number of alkyl halides is 3. The standard InChI is InChI=1S/C16H19F3N2O3/c1-2-24-14(22)9-13-15(23)20-7-8-21(13)10-11-5-3-4-6-12(11)16(17,18)19/h3-6,13H,2,7-10H2,1H3,(H,20,23)/t13-/m0/s1. The van der Waals surface area contributed by atoms with E-state index in [2.05, 4.69) is 5.32 Å². The highest BCUT2D eigenvalue weighted by atomic mass is 19.4. The molecule has 1 N–H and O–H groups in total. The average molecular weight is 344 g/mol. The van der Waals surface area contributed by atoms with Gasteiger partial charge in [0.15, 0.2) is 0 Å². The molecule has 0 saturated carbocycles. The first-order valence-electron chi connectivity index (χ1n) is 7.65. The van der Waals surface area contributed by atoms with Gasteiger partial charge in [0, 0.05) is 19.6 Å². The number of nitrogens with one attached hydrogen (secondary N) is 1. The quantitative estimate of drug-likeness (QED) is 0.830. The zero-order valence-corrected chi connectivity index (χ0v) is 13.2. The maximum Gasteiger partial charge on any atom is 0.416 e. The summed E-state index contributed by atoms with van der Waals surface area (Å²) in [6.45, 7) is 2.46. The van der Waals surface area contributed by atoms with Crippen LogP contribution in [0.1, 0.15) is 24.5 Å². The van der Waals surface area contributed by atoms with E-state index in [1.807, 2.05) is 0 Å². The highest BCUT2D eigenvalue weighted by molar-refractivity contribution is 5.87. The van der Waals surface area contributed by atoms with Crippen LogP contribution >= 0.6 is 0 Å². The first kappa shape index (κ1) is 18.3. The Labute approximate surface area is 137 Å². The van der Waals surface area contributed by atoms with Gasteiger partial charge in [-0.2, -0.15) is 13.2 Å². The van der Waals surface area contributed by atoms with Crippen molar-refractivity contribution in [3.63, 3.8) is 0 Å². The van der Waals surface area contributed by atoms with E-state index in [-0.39, 0.29) is 31.0 Å². The van der Waals surface area contributed by atoms with Gasteiger partial charge in [-0.15, -0.1) is 0 Å². The van der Waals surface area contributed by atoms with Crippen LogP contribution in [0.15, 0.2) is 24.3 Å². The van der Waals surface area contributed by atoms with Crippen LogP contribution < -0.4 is 5.32 Å². The zero-order valence-electron chi connectivity index (χ0n) is 13.2. The van der Waals surface area contributed by atoms with Crippen molar-refractivity contribution in [3.05, 3.63) is 35.4 Å². The van der Waals surface area contributed by atoms with Gasteiger partial charge < -0.3 is 10.1 Å². The SMILES string of the molecule is CCOC(=O)C[C@H]1C(=O)NCCN1Cc1ccccc1C(F)(F)F. The van der Waals surface area contributed by atoms with E-state index in [9.17, 15) is 22.8 Å². The molecule has 8 heteroatoms. The molecular formula is C16H19F3N2O3. The smallest absolute Gasteiger partial charge is 0.416 e. The van der Waals surface area contributed by atoms with E-state index < -0.39 is 23.8 Å². The predicted octanol–water partition coefficient (Wildman–Crippen LogP) is 1.96. The minimum atomic E-state index is -4.47. The van der Waals surface area contributed by atoms with Crippen LogP contribution in [-0.2, 0) is 27.0 Å². The third kappa shape index (κ3) is 4.47. The van der Waals surface area contributed by atoms with Gasteiger partial charge in [0.2, 0.25) is 5.91 Å². The molecule has 132 valence electrons. The normalized spacial score (nSPS) is 19.0. The molecule has 1 aromatic carbocycles. The first-order chi connectivity index (χ1) is 11.3. The highest BCUT2D eigenvalue weighted by Gasteiger charge is 2.36. The van der Waals surface area contributed by atoms with E-state index in [1.54, 1.807) is 11.8 Å². The second kappa shape index (κ2) is 7.65. The maximum absolute atomic E-state index is 13.1. The van der Waals surface area contributed by atoms with Crippen molar-refractivity contribution in [2.24, 2.45) is 0 Å². The number of esters is 1. The Balaban J connectivity index is 2.20. The number of benzene rings is 1. The molecule has 1 saturated heterocycles. The molecule has 0 bridgehead atoms. The molecule has 0 aliphatic carbocycles. The topological polar surface area (TPSA) is 58.6 Å². The molecule has 1 aliphatic rings. The number of ether oxygens (including phenoxy) is 1. The summed E-state index contributed by atoms with van der Waals surface area (Å²) in [4.78, 5) is 25.3. The van der Waals surface area contributed by atoms with Crippen molar-refractivity contribution in [2.75, 3.05) is 19.7 Å². The molecule has 1 fully saturated rings. The summed E-state index contributed by atoms with van der Waals surface area (Å²) >= 11 is 0. The van der Waals surface area contributed by atoms with E-state index in [1.165, 1.54) is 18.2 Å². The molecule has 24 heavy (non-hydrogen) atoms. The Hall–Kier alpha value is -2.09. The lowest BCUT2D eigenvalue weighted by Crippen LogP contribution is -2.55. The maximum atomic E-state index is 13.1. The van der Waals surface area contributed by atoms with Crippen molar-refractivity contribution in [1.82, 2.24) is 10.2 Å². The van der Waals surface area contributed by atoms with Crippen molar-refractivity contribution < 1.29 is 27.5 Å². The lowest BCUT2D eigenvalue weighted by atomic mass is 10.0. The monoisotopic (exact) mass is 344 g/mol. The van der Waals surface area contributed by atoms with Crippen molar-refractivity contribution in [3.8, 4) is 0 Å². The average Bonchev–Trinajstić information content (AvgIpc) is 2.50. The second-order valence-corrected chi connectivity index (χ2v) is 5.44. The van der Waals surface area contributed by atoms with Crippen LogP contribution in [0.2, 0.25) is 0 Å². The van der Waals surface area contributed by atoms with Gasteiger partial charge in [0.1, 0.15) is 6.04 Å². The third-order valence-electron chi connectivity index (χ3n) is 3.80. The van der Waals surface area contributed by atoms with Gasteiger partial charge in [0.05, 0.1) is 18.6 Å². The predicted molar refractivity (Wildman–Crippen MR) is 79.9 cm³/mol. The Morgan fingerprint density at radius 3 is 2.75 bits per heavy atom. The zero-order chi connectivity index (χ0) is 17.7. The number of piperazine rings is 1. The molecule has 1 heterocycles. The van der Waals surface area contributed by atoms with Crippen LogP contribution in [0.4, 0.5) is 13.2 Å². The van der Waals surface area contributed by atoms with Crippen LogP contribution in [0, 0.1) is 0 Å². The largest absolute Gasteiger partial charge is 0.466 e. The van der Waals surface area contributed by atoms with Crippen molar-refractivity contribution in [1.29, 1.82) is 0 Å². The van der Waals surface area contributed by atoms with Gasteiger partial charge in [-0.3, -0.25) is 14.5 Å². The minimum absolute atomic E-state index is 0.0623. The van der Waals surface area contributed by atoms with Crippen LogP contribution in [0.3, 0.4) is 0 Å². The van der Waals surface area contributed by atoms with Gasteiger partial charge >= 0.3 is 12.1 Å². The van der Waals surface area contributed by atoms with Crippen LogP contribution in [0.5, 0.6) is 0 Å². The summed E-state index contributed by atoms with van der Waals surface area (Å²) in [6.07, 6.45) is -4.65. The number of carbonyl (C=O) groups is 2. The molecule has 1 amide bonds. The fraction of sp³-hybridized carbons (Fsp3) is 0.500. The fourth-order valence-corrected chi connectivity index (χ4v) is 2.70. The summed E-state index contributed by atoms with van der Waals surface area (Å²) in [5, 5.41) is 2.63. The molecule has 5 nitrogen and oxygen atoms in total. The number of nitrogens with zero attached hydrogens (tertiary/aromatic N) is 1. The summed E-state index contributed by atoms with van der Waals surface area (Å²) in [7, 11) is 0. The van der Waals surface area contributed by atoms with Gasteiger partial charge in [-0.05, 0) is 18.6 Å². The van der Waals surface area contributed by atoms with Crippen LogP contribution in [0.25, 0.3) is 0 Å². The number of rotatable bonds is 5. The summed E-state index contributed by atoms with van der Waals surface area (Å²) < 4.78 is 44.2. The first-order valence-corrected chi connectivity index (χ1v) is 7.65. The molecule has 0 radical (unpaired) electrons. The highest BCUT2D eigenvalue weighted by Crippen LogP contribution is 2.32. The van der Waals surface area contributed by atoms with Gasteiger partial charge in [-0.1, -0.05) is 18.2 Å². The molecule has 0 spiro atoms. The van der Waals surface area contributed by atoms with Crippen LogP contribution in [-0.4, -0.2) is 42.5 Å². The number of halogens is 3.